The Hall–Kier alpha value is -0.790. The molecule has 1 fully saturated rings. The lowest BCUT2D eigenvalue weighted by Gasteiger charge is -2.19. The Balaban J connectivity index is 2.23. The molecular formula is C14H24O2. The van der Waals surface area contributed by atoms with Crippen LogP contribution >= 0.6 is 0 Å². The number of carboxylic acid groups (broad SMARTS) is 1. The lowest BCUT2D eigenvalue weighted by Crippen LogP contribution is -2.23. The van der Waals surface area contributed by atoms with Gasteiger partial charge in [-0.15, -0.1) is 0 Å². The molecule has 92 valence electrons. The number of aliphatic carboxylic acids is 1. The highest BCUT2D eigenvalue weighted by Gasteiger charge is 2.25. The second-order valence-electron chi connectivity index (χ2n) is 5.55. The molecule has 0 aliphatic heterocycles. The highest BCUT2D eigenvalue weighted by atomic mass is 16.4. The van der Waals surface area contributed by atoms with Crippen molar-refractivity contribution in [2.45, 2.75) is 58.8 Å². The van der Waals surface area contributed by atoms with Crippen molar-refractivity contribution in [2.24, 2.45) is 11.3 Å². The fraction of sp³-hybridized carbons (Fsp3) is 0.786. The molecule has 1 N–H and O–H groups in total. The molecule has 2 heteroatoms. The Morgan fingerprint density at radius 3 is 2.50 bits per heavy atom. The van der Waals surface area contributed by atoms with Crippen LogP contribution in [0, 0.1) is 11.3 Å². The van der Waals surface area contributed by atoms with E-state index in [9.17, 15) is 4.79 Å². The lowest BCUT2D eigenvalue weighted by atomic mass is 9.86. The molecule has 1 rings (SSSR count). The molecule has 16 heavy (non-hydrogen) atoms. The van der Waals surface area contributed by atoms with Crippen molar-refractivity contribution in [3.05, 3.63) is 12.2 Å². The molecule has 0 aromatic heterocycles. The summed E-state index contributed by atoms with van der Waals surface area (Å²) in [5.74, 6) is 0.0558. The maximum Gasteiger partial charge on any atom is 0.309 e. The van der Waals surface area contributed by atoms with Crippen molar-refractivity contribution in [1.82, 2.24) is 0 Å². The molecular weight excluding hydrogens is 200 g/mol. The van der Waals surface area contributed by atoms with Gasteiger partial charge in [-0.2, -0.15) is 0 Å². The van der Waals surface area contributed by atoms with E-state index in [-0.39, 0.29) is 0 Å². The Morgan fingerprint density at radius 2 is 1.94 bits per heavy atom. The molecule has 1 aliphatic rings. The summed E-state index contributed by atoms with van der Waals surface area (Å²) >= 11 is 0. The van der Waals surface area contributed by atoms with Crippen LogP contribution in [0.4, 0.5) is 0 Å². The highest BCUT2D eigenvalue weighted by molar-refractivity contribution is 5.73. The Kier molecular flexibility index (Phi) is 5.04. The van der Waals surface area contributed by atoms with Crippen molar-refractivity contribution in [3.63, 3.8) is 0 Å². The first-order valence-electron chi connectivity index (χ1n) is 6.42. The van der Waals surface area contributed by atoms with Gasteiger partial charge in [-0.3, -0.25) is 4.79 Å². The van der Waals surface area contributed by atoms with E-state index in [4.69, 9.17) is 5.11 Å². The van der Waals surface area contributed by atoms with Crippen LogP contribution < -0.4 is 0 Å². The quantitative estimate of drug-likeness (QED) is 0.716. The summed E-state index contributed by atoms with van der Waals surface area (Å²) in [6.45, 7) is 3.59. The van der Waals surface area contributed by atoms with Gasteiger partial charge in [0.2, 0.25) is 0 Å². The van der Waals surface area contributed by atoms with E-state index >= 15 is 0 Å². The summed E-state index contributed by atoms with van der Waals surface area (Å²) in [7, 11) is 0. The predicted molar refractivity (Wildman–Crippen MR) is 66.4 cm³/mol. The Morgan fingerprint density at radius 1 is 1.31 bits per heavy atom. The third-order valence-electron chi connectivity index (χ3n) is 3.57. The van der Waals surface area contributed by atoms with E-state index in [1.54, 1.807) is 13.8 Å². The van der Waals surface area contributed by atoms with Crippen molar-refractivity contribution < 1.29 is 9.90 Å². The Labute approximate surface area is 98.7 Å². The van der Waals surface area contributed by atoms with Gasteiger partial charge < -0.3 is 5.11 Å². The minimum absolute atomic E-state index is 0.586. The minimum atomic E-state index is -0.696. The molecule has 0 amide bonds. The van der Waals surface area contributed by atoms with Crippen LogP contribution in [0.5, 0.6) is 0 Å². The van der Waals surface area contributed by atoms with Crippen molar-refractivity contribution in [2.75, 3.05) is 0 Å². The third kappa shape index (κ3) is 4.38. The zero-order valence-corrected chi connectivity index (χ0v) is 10.5. The van der Waals surface area contributed by atoms with Crippen LogP contribution in [0.1, 0.15) is 58.8 Å². The van der Waals surface area contributed by atoms with Gasteiger partial charge in [0.05, 0.1) is 5.41 Å². The number of rotatable bonds is 5. The van der Waals surface area contributed by atoms with Gasteiger partial charge in [0.15, 0.2) is 0 Å². The molecule has 1 aliphatic carbocycles. The standard InChI is InChI=1S/C14H24O2/c1-14(2,13(15)16)11-7-6-10-12-8-4-3-5-9-12/h6,10,12H,3-5,7-9,11H2,1-2H3,(H,15,16)/b10-6+. The first-order valence-corrected chi connectivity index (χ1v) is 6.42. The smallest absolute Gasteiger partial charge is 0.309 e. The van der Waals surface area contributed by atoms with Gasteiger partial charge in [-0.1, -0.05) is 31.4 Å². The summed E-state index contributed by atoms with van der Waals surface area (Å²) in [6.07, 6.45) is 12.8. The number of allylic oxidation sites excluding steroid dienone is 2. The maximum atomic E-state index is 10.9. The predicted octanol–water partition coefficient (Wildman–Crippen LogP) is 4.01. The molecule has 2 nitrogen and oxygen atoms in total. The van der Waals surface area contributed by atoms with Crippen molar-refractivity contribution >= 4 is 5.97 Å². The molecule has 0 atom stereocenters. The second-order valence-corrected chi connectivity index (χ2v) is 5.55. The van der Waals surface area contributed by atoms with Gasteiger partial charge >= 0.3 is 5.97 Å². The maximum absolute atomic E-state index is 10.9. The summed E-state index contributed by atoms with van der Waals surface area (Å²) in [5, 5.41) is 8.97. The number of hydrogen-bond donors (Lipinski definition) is 1. The normalized spacial score (nSPS) is 19.1. The van der Waals surface area contributed by atoms with Gasteiger partial charge in [0.1, 0.15) is 0 Å². The Bertz CT molecular complexity index is 247. The first kappa shape index (κ1) is 13.3. The van der Waals surface area contributed by atoms with E-state index in [1.165, 1.54) is 32.1 Å². The summed E-state index contributed by atoms with van der Waals surface area (Å²) < 4.78 is 0. The van der Waals surface area contributed by atoms with Gasteiger partial charge in [0.25, 0.3) is 0 Å². The first-order chi connectivity index (χ1) is 7.52. The van der Waals surface area contributed by atoms with Crippen LogP contribution in [-0.4, -0.2) is 11.1 Å². The number of hydrogen-bond acceptors (Lipinski definition) is 1. The second kappa shape index (κ2) is 6.07. The average Bonchev–Trinajstić information content (AvgIpc) is 2.26. The number of carbonyl (C=O) groups is 1. The minimum Gasteiger partial charge on any atom is -0.481 e. The summed E-state index contributed by atoms with van der Waals surface area (Å²) in [6, 6.07) is 0. The van der Waals surface area contributed by atoms with Crippen LogP contribution in [0.2, 0.25) is 0 Å². The zero-order valence-electron chi connectivity index (χ0n) is 10.5. The van der Waals surface area contributed by atoms with Crippen LogP contribution in [0.3, 0.4) is 0 Å². The average molecular weight is 224 g/mol. The third-order valence-corrected chi connectivity index (χ3v) is 3.57. The molecule has 0 aromatic carbocycles. The van der Waals surface area contributed by atoms with Crippen LogP contribution in [-0.2, 0) is 4.79 Å². The molecule has 0 spiro atoms. The molecule has 0 unspecified atom stereocenters. The number of carboxylic acids is 1. The zero-order chi connectivity index (χ0) is 12.0. The largest absolute Gasteiger partial charge is 0.481 e. The van der Waals surface area contributed by atoms with Crippen molar-refractivity contribution in [1.29, 1.82) is 0 Å². The van der Waals surface area contributed by atoms with Crippen LogP contribution in [0.15, 0.2) is 12.2 Å². The SMILES string of the molecule is CC(C)(CC/C=C/C1CCCCC1)C(=O)O. The topological polar surface area (TPSA) is 37.3 Å². The van der Waals surface area contributed by atoms with Crippen LogP contribution in [0.25, 0.3) is 0 Å². The van der Waals surface area contributed by atoms with E-state index < -0.39 is 11.4 Å². The molecule has 0 aromatic rings. The molecule has 0 radical (unpaired) electrons. The van der Waals surface area contributed by atoms with Crippen molar-refractivity contribution in [3.8, 4) is 0 Å². The molecule has 0 bridgehead atoms. The molecule has 1 saturated carbocycles. The van der Waals surface area contributed by atoms with E-state index in [1.807, 2.05) is 0 Å². The van der Waals surface area contributed by atoms with E-state index in [0.717, 1.165) is 18.8 Å². The molecule has 0 saturated heterocycles. The van der Waals surface area contributed by atoms with Gasteiger partial charge in [-0.05, 0) is 45.4 Å². The highest BCUT2D eigenvalue weighted by Crippen LogP contribution is 2.26. The van der Waals surface area contributed by atoms with E-state index in [0.29, 0.717) is 0 Å². The fourth-order valence-corrected chi connectivity index (χ4v) is 2.17. The molecule has 0 heterocycles. The summed E-state index contributed by atoms with van der Waals surface area (Å²) in [4.78, 5) is 10.9. The van der Waals surface area contributed by atoms with E-state index in [2.05, 4.69) is 12.2 Å². The lowest BCUT2D eigenvalue weighted by molar-refractivity contribution is -0.147. The van der Waals surface area contributed by atoms with Gasteiger partial charge in [0, 0.05) is 0 Å². The van der Waals surface area contributed by atoms with Gasteiger partial charge in [-0.25, -0.2) is 0 Å². The monoisotopic (exact) mass is 224 g/mol. The summed E-state index contributed by atoms with van der Waals surface area (Å²) in [5.41, 5.74) is -0.586. The fourth-order valence-electron chi connectivity index (χ4n) is 2.17.